The van der Waals surface area contributed by atoms with Crippen LogP contribution in [0.15, 0.2) is 69.6 Å². The average Bonchev–Trinajstić information content (AvgIpc) is 3.07. The summed E-state index contributed by atoms with van der Waals surface area (Å²) in [6.07, 6.45) is 1.60. The lowest BCUT2D eigenvalue weighted by atomic mass is 9.95. The molecular formula is C25H24N2O5S. The third-order valence-corrected chi connectivity index (χ3v) is 6.15. The number of phenolic OH excluding ortho intramolecular Hbond substituents is 1. The standard InChI is InChI=1S/C25H24N2O5S/c1-14(2)32-19-11-6-5-10-18(19)22-21(24(30)31-4)15(3)26-25-27(22)23(29)20(33-25)13-16-8-7-9-17(28)12-16/h5-14,22,28H,1-4H3/b20-13-/t22-/m1/s1. The summed E-state index contributed by atoms with van der Waals surface area (Å²) in [4.78, 5) is 31.4. The van der Waals surface area contributed by atoms with Crippen LogP contribution in [0.2, 0.25) is 0 Å². The molecule has 0 bridgehead atoms. The smallest absolute Gasteiger partial charge is 0.338 e. The van der Waals surface area contributed by atoms with E-state index in [1.54, 1.807) is 37.3 Å². The Morgan fingerprint density at radius 1 is 1.21 bits per heavy atom. The molecule has 0 unspecified atom stereocenters. The third kappa shape index (κ3) is 4.34. The second-order valence-electron chi connectivity index (χ2n) is 7.87. The van der Waals surface area contributed by atoms with E-state index >= 15 is 0 Å². The molecule has 170 valence electrons. The molecule has 33 heavy (non-hydrogen) atoms. The molecule has 1 aliphatic rings. The van der Waals surface area contributed by atoms with Crippen LogP contribution in [0.5, 0.6) is 11.5 Å². The minimum absolute atomic E-state index is 0.0978. The Labute approximate surface area is 194 Å². The number of rotatable bonds is 5. The molecule has 2 heterocycles. The molecule has 1 N–H and O–H groups in total. The number of ether oxygens (including phenoxy) is 2. The van der Waals surface area contributed by atoms with Crippen LogP contribution in [0.3, 0.4) is 0 Å². The van der Waals surface area contributed by atoms with Gasteiger partial charge in [0.2, 0.25) is 0 Å². The first-order chi connectivity index (χ1) is 15.8. The van der Waals surface area contributed by atoms with Gasteiger partial charge in [0.05, 0.1) is 29.0 Å². The molecule has 2 aromatic carbocycles. The van der Waals surface area contributed by atoms with Gasteiger partial charge >= 0.3 is 5.97 Å². The van der Waals surface area contributed by atoms with Crippen LogP contribution in [-0.2, 0) is 9.53 Å². The van der Waals surface area contributed by atoms with Crippen LogP contribution in [-0.4, -0.2) is 28.9 Å². The minimum atomic E-state index is -0.755. The van der Waals surface area contributed by atoms with Crippen molar-refractivity contribution in [2.75, 3.05) is 7.11 Å². The Hall–Kier alpha value is -3.65. The van der Waals surface area contributed by atoms with E-state index in [1.165, 1.54) is 23.0 Å². The Bertz CT molecular complexity index is 1430. The van der Waals surface area contributed by atoms with Crippen molar-refractivity contribution >= 4 is 23.4 Å². The summed E-state index contributed by atoms with van der Waals surface area (Å²) in [5.74, 6) is 0.136. The lowest BCUT2D eigenvalue weighted by Crippen LogP contribution is -2.40. The molecule has 1 atom stereocenters. The summed E-state index contributed by atoms with van der Waals surface area (Å²) in [5.41, 5.74) is 1.83. The molecule has 0 amide bonds. The first kappa shape index (κ1) is 22.5. The maximum absolute atomic E-state index is 13.6. The number of allylic oxidation sites excluding steroid dienone is 1. The number of benzene rings is 2. The highest BCUT2D eigenvalue weighted by molar-refractivity contribution is 7.07. The number of esters is 1. The average molecular weight is 465 g/mol. The summed E-state index contributed by atoms with van der Waals surface area (Å²) in [5, 5.41) is 9.78. The van der Waals surface area contributed by atoms with E-state index in [1.807, 2.05) is 38.1 Å². The van der Waals surface area contributed by atoms with E-state index in [0.717, 1.165) is 0 Å². The topological polar surface area (TPSA) is 90.1 Å². The number of aromatic nitrogens is 1. The zero-order chi connectivity index (χ0) is 23.7. The Morgan fingerprint density at radius 2 is 1.97 bits per heavy atom. The summed E-state index contributed by atoms with van der Waals surface area (Å²) >= 11 is 1.23. The number of carbonyl (C=O) groups is 1. The fraction of sp³-hybridized carbons (Fsp3) is 0.240. The first-order valence-electron chi connectivity index (χ1n) is 10.5. The monoisotopic (exact) mass is 464 g/mol. The van der Waals surface area contributed by atoms with Crippen molar-refractivity contribution in [3.8, 4) is 11.5 Å². The highest BCUT2D eigenvalue weighted by atomic mass is 32.1. The van der Waals surface area contributed by atoms with Gasteiger partial charge in [0.15, 0.2) is 4.80 Å². The van der Waals surface area contributed by atoms with Crippen LogP contribution in [0.4, 0.5) is 0 Å². The first-order valence-corrected chi connectivity index (χ1v) is 11.3. The van der Waals surface area contributed by atoms with Crippen LogP contribution < -0.4 is 19.6 Å². The predicted octanol–water partition coefficient (Wildman–Crippen LogP) is 2.90. The lowest BCUT2D eigenvalue weighted by molar-refractivity contribution is -0.136. The van der Waals surface area contributed by atoms with E-state index < -0.39 is 12.0 Å². The molecule has 0 spiro atoms. The number of carbonyl (C=O) groups excluding carboxylic acids is 1. The Kier molecular flexibility index (Phi) is 6.20. The molecule has 0 saturated heterocycles. The van der Waals surface area contributed by atoms with Gasteiger partial charge in [-0.05, 0) is 50.6 Å². The van der Waals surface area contributed by atoms with E-state index in [2.05, 4.69) is 4.99 Å². The summed E-state index contributed by atoms with van der Waals surface area (Å²) in [6.45, 7) is 5.57. The second-order valence-corrected chi connectivity index (χ2v) is 8.88. The predicted molar refractivity (Wildman–Crippen MR) is 126 cm³/mol. The van der Waals surface area contributed by atoms with Gasteiger partial charge in [-0.2, -0.15) is 0 Å². The Balaban J connectivity index is 2.00. The fourth-order valence-corrected chi connectivity index (χ4v) is 4.87. The summed E-state index contributed by atoms with van der Waals surface area (Å²) in [7, 11) is 1.31. The number of para-hydroxylation sites is 1. The largest absolute Gasteiger partial charge is 0.508 e. The molecule has 1 aromatic heterocycles. The fourth-order valence-electron chi connectivity index (χ4n) is 3.82. The molecular weight excluding hydrogens is 440 g/mol. The Morgan fingerprint density at radius 3 is 2.67 bits per heavy atom. The van der Waals surface area contributed by atoms with Gasteiger partial charge in [0, 0.05) is 5.56 Å². The van der Waals surface area contributed by atoms with Crippen LogP contribution in [0.25, 0.3) is 6.08 Å². The number of methoxy groups -OCH3 is 1. The van der Waals surface area contributed by atoms with Gasteiger partial charge in [0.25, 0.3) is 5.56 Å². The SMILES string of the molecule is COC(=O)C1=C(C)N=c2s/c(=C\c3cccc(O)c3)c(=O)n2[C@@H]1c1ccccc1OC(C)C. The number of nitrogens with zero attached hydrogens (tertiary/aromatic N) is 2. The molecule has 0 aliphatic carbocycles. The number of aromatic hydroxyl groups is 1. The van der Waals surface area contributed by atoms with Crippen molar-refractivity contribution in [1.29, 1.82) is 0 Å². The van der Waals surface area contributed by atoms with Crippen molar-refractivity contribution in [2.45, 2.75) is 32.9 Å². The number of hydrogen-bond acceptors (Lipinski definition) is 7. The third-order valence-electron chi connectivity index (χ3n) is 5.17. The van der Waals surface area contributed by atoms with Gasteiger partial charge < -0.3 is 14.6 Å². The highest BCUT2D eigenvalue weighted by Gasteiger charge is 2.34. The molecule has 7 nitrogen and oxygen atoms in total. The molecule has 4 rings (SSSR count). The molecule has 0 fully saturated rings. The van der Waals surface area contributed by atoms with Gasteiger partial charge in [-0.15, -0.1) is 0 Å². The lowest BCUT2D eigenvalue weighted by Gasteiger charge is -2.26. The van der Waals surface area contributed by atoms with Crippen LogP contribution in [0.1, 0.15) is 37.9 Å². The molecule has 0 radical (unpaired) electrons. The maximum Gasteiger partial charge on any atom is 0.338 e. The zero-order valence-corrected chi connectivity index (χ0v) is 19.6. The molecule has 0 saturated carbocycles. The van der Waals surface area contributed by atoms with E-state index in [4.69, 9.17) is 9.47 Å². The van der Waals surface area contributed by atoms with Crippen molar-refractivity contribution in [3.63, 3.8) is 0 Å². The van der Waals surface area contributed by atoms with Gasteiger partial charge in [-0.3, -0.25) is 9.36 Å². The van der Waals surface area contributed by atoms with Crippen molar-refractivity contribution < 1.29 is 19.4 Å². The number of phenols is 1. The van der Waals surface area contributed by atoms with E-state index in [9.17, 15) is 14.7 Å². The highest BCUT2D eigenvalue weighted by Crippen LogP contribution is 2.36. The normalized spacial score (nSPS) is 15.9. The minimum Gasteiger partial charge on any atom is -0.508 e. The number of fused-ring (bicyclic) bond motifs is 1. The van der Waals surface area contributed by atoms with Crippen LogP contribution in [0, 0.1) is 0 Å². The van der Waals surface area contributed by atoms with Crippen molar-refractivity contribution in [2.24, 2.45) is 4.99 Å². The zero-order valence-electron chi connectivity index (χ0n) is 18.7. The number of hydrogen-bond donors (Lipinski definition) is 1. The summed E-state index contributed by atoms with van der Waals surface area (Å²) < 4.78 is 13.0. The van der Waals surface area contributed by atoms with Gasteiger partial charge in [-0.25, -0.2) is 9.79 Å². The van der Waals surface area contributed by atoms with E-state index in [-0.39, 0.29) is 23.0 Å². The van der Waals surface area contributed by atoms with Crippen LogP contribution >= 0.6 is 11.3 Å². The van der Waals surface area contributed by atoms with Crippen molar-refractivity contribution in [3.05, 3.63) is 90.6 Å². The van der Waals surface area contributed by atoms with Crippen molar-refractivity contribution in [1.82, 2.24) is 4.57 Å². The number of thiazole rings is 1. The molecule has 3 aromatic rings. The molecule has 1 aliphatic heterocycles. The summed E-state index contributed by atoms with van der Waals surface area (Å²) in [6, 6.07) is 13.3. The molecule has 8 heteroatoms. The van der Waals surface area contributed by atoms with Gasteiger partial charge in [-0.1, -0.05) is 41.7 Å². The van der Waals surface area contributed by atoms with Gasteiger partial charge in [0.1, 0.15) is 17.5 Å². The van der Waals surface area contributed by atoms with E-state index in [0.29, 0.717) is 31.9 Å². The maximum atomic E-state index is 13.6. The second kappa shape index (κ2) is 9.07. The quantitative estimate of drug-likeness (QED) is 0.587.